The van der Waals surface area contributed by atoms with Gasteiger partial charge in [0.05, 0.1) is 30.5 Å². The van der Waals surface area contributed by atoms with Crippen LogP contribution in [0.25, 0.3) is 11.3 Å². The zero-order valence-corrected chi connectivity index (χ0v) is 23.5. The highest BCUT2D eigenvalue weighted by Crippen LogP contribution is 2.39. The number of pyridine rings is 1. The van der Waals surface area contributed by atoms with Gasteiger partial charge in [0, 0.05) is 22.8 Å². The van der Waals surface area contributed by atoms with Crippen molar-refractivity contribution in [2.75, 3.05) is 19.0 Å². The normalized spacial score (nSPS) is 10.9. The second-order valence-electron chi connectivity index (χ2n) is 8.04. The van der Waals surface area contributed by atoms with Crippen molar-refractivity contribution < 1.29 is 27.4 Å². The Balaban J connectivity index is 0.00000247. The number of benzene rings is 1. The van der Waals surface area contributed by atoms with Gasteiger partial charge in [-0.1, -0.05) is 64.5 Å². The van der Waals surface area contributed by atoms with Crippen molar-refractivity contribution >= 4 is 39.7 Å². The molecule has 0 aliphatic heterocycles. The van der Waals surface area contributed by atoms with E-state index in [1.807, 2.05) is 13.8 Å². The van der Waals surface area contributed by atoms with Crippen LogP contribution in [0.5, 0.6) is 5.75 Å². The molecule has 11 heteroatoms. The number of thiazole rings is 1. The average molecular weight is 572 g/mol. The van der Waals surface area contributed by atoms with Gasteiger partial charge in [0.25, 0.3) is 0 Å². The van der Waals surface area contributed by atoms with E-state index < -0.39 is 17.7 Å². The van der Waals surface area contributed by atoms with Crippen LogP contribution in [0.4, 0.5) is 24.0 Å². The molecular formula is C27H33ClF3N3O3S. The van der Waals surface area contributed by atoms with Gasteiger partial charge < -0.3 is 14.8 Å². The van der Waals surface area contributed by atoms with E-state index in [2.05, 4.69) is 22.2 Å². The molecule has 6 nitrogen and oxygen atoms in total. The summed E-state index contributed by atoms with van der Waals surface area (Å²) in [7, 11) is 1.23. The number of esters is 1. The average Bonchev–Trinajstić information content (AvgIpc) is 3.37. The third kappa shape index (κ3) is 9.16. The molecule has 0 saturated carbocycles. The summed E-state index contributed by atoms with van der Waals surface area (Å²) in [5.74, 6) is -0.828. The van der Waals surface area contributed by atoms with Gasteiger partial charge in [-0.2, -0.15) is 13.2 Å². The van der Waals surface area contributed by atoms with Crippen LogP contribution >= 0.6 is 22.9 Å². The van der Waals surface area contributed by atoms with Gasteiger partial charge in [0.2, 0.25) is 0 Å². The first-order valence-corrected chi connectivity index (χ1v) is 13.8. The lowest BCUT2D eigenvalue weighted by Gasteiger charge is -2.15. The second kappa shape index (κ2) is 15.5. The number of nitrogens with one attached hydrogen (secondary N) is 1. The number of unbranched alkanes of at least 4 members (excludes halogenated alkanes) is 5. The number of hydrogen-bond donors (Lipinski definition) is 1. The third-order valence-corrected chi connectivity index (χ3v) is 6.39. The maximum Gasteiger partial charge on any atom is 0.420 e. The highest BCUT2D eigenvalue weighted by molar-refractivity contribution is 7.14. The molecule has 0 aliphatic carbocycles. The van der Waals surface area contributed by atoms with Gasteiger partial charge >= 0.3 is 12.1 Å². The Hall–Kier alpha value is -2.85. The molecule has 208 valence electrons. The van der Waals surface area contributed by atoms with Gasteiger partial charge in [-0.15, -0.1) is 11.3 Å². The molecule has 0 spiro atoms. The number of methoxy groups -OCH3 is 1. The number of nitrogens with zero attached hydrogens (tertiary/aromatic N) is 2. The van der Waals surface area contributed by atoms with Crippen LogP contribution in [0, 0.1) is 0 Å². The fraction of sp³-hybridized carbons (Fsp3) is 0.444. The molecule has 1 aromatic carbocycles. The van der Waals surface area contributed by atoms with Crippen molar-refractivity contribution in [3.63, 3.8) is 0 Å². The summed E-state index contributed by atoms with van der Waals surface area (Å²) in [5.41, 5.74) is 0.454. The van der Waals surface area contributed by atoms with Crippen LogP contribution in [-0.4, -0.2) is 29.7 Å². The number of anilines is 2. The van der Waals surface area contributed by atoms with E-state index in [1.54, 1.807) is 5.38 Å². The second-order valence-corrected chi connectivity index (χ2v) is 9.26. The van der Waals surface area contributed by atoms with Gasteiger partial charge in [0.1, 0.15) is 10.9 Å². The van der Waals surface area contributed by atoms with Crippen LogP contribution in [0.2, 0.25) is 5.15 Å². The highest BCUT2D eigenvalue weighted by atomic mass is 35.5. The standard InChI is InChI=1S/C25H27ClF3N3O3S.C2H6/c1-3-4-5-6-7-8-11-35-21-10-9-17(13-19(21)25(27,28)29)31-24-32-20(15-36-24)16-12-18(23(33)34-2)22(26)30-14-16;1-2/h9-10,12-15H,3-8,11H2,1-2H3,(H,31,32);1-2H3. The Morgan fingerprint density at radius 3 is 2.50 bits per heavy atom. The molecule has 2 heterocycles. The Bertz CT molecular complexity index is 1170. The summed E-state index contributed by atoms with van der Waals surface area (Å²) < 4.78 is 51.3. The van der Waals surface area contributed by atoms with Gasteiger partial charge in [-0.3, -0.25) is 0 Å². The molecule has 0 unspecified atom stereocenters. The molecule has 1 N–H and O–H groups in total. The summed E-state index contributed by atoms with van der Waals surface area (Å²) in [6.07, 6.45) is 3.01. The zero-order chi connectivity index (χ0) is 28.1. The van der Waals surface area contributed by atoms with Crippen molar-refractivity contribution in [3.05, 3.63) is 52.1 Å². The first-order valence-electron chi connectivity index (χ1n) is 12.5. The smallest absolute Gasteiger partial charge is 0.420 e. The lowest BCUT2D eigenvalue weighted by Crippen LogP contribution is -2.10. The minimum Gasteiger partial charge on any atom is -0.493 e. The number of rotatable bonds is 12. The van der Waals surface area contributed by atoms with Crippen LogP contribution in [0.1, 0.15) is 75.2 Å². The Kier molecular flexibility index (Phi) is 12.8. The molecule has 2 aromatic heterocycles. The Morgan fingerprint density at radius 2 is 1.82 bits per heavy atom. The number of aromatic nitrogens is 2. The van der Waals surface area contributed by atoms with Gasteiger partial charge in [-0.05, 0) is 30.7 Å². The van der Waals surface area contributed by atoms with Crippen LogP contribution < -0.4 is 10.1 Å². The van der Waals surface area contributed by atoms with Gasteiger partial charge in [-0.25, -0.2) is 14.8 Å². The van der Waals surface area contributed by atoms with E-state index in [0.717, 1.165) is 31.7 Å². The molecule has 0 atom stereocenters. The van der Waals surface area contributed by atoms with Crippen molar-refractivity contribution in [2.24, 2.45) is 0 Å². The lowest BCUT2D eigenvalue weighted by molar-refractivity contribution is -0.138. The molecule has 3 rings (SSSR count). The fourth-order valence-electron chi connectivity index (χ4n) is 3.45. The summed E-state index contributed by atoms with van der Waals surface area (Å²) >= 11 is 7.15. The minimum atomic E-state index is -4.57. The van der Waals surface area contributed by atoms with E-state index in [0.29, 0.717) is 22.8 Å². The monoisotopic (exact) mass is 571 g/mol. The van der Waals surface area contributed by atoms with Crippen LogP contribution in [-0.2, 0) is 10.9 Å². The SMILES string of the molecule is CC.CCCCCCCCOc1ccc(Nc2nc(-c3cnc(Cl)c(C(=O)OC)c3)cs2)cc1C(F)(F)F. The van der Waals surface area contributed by atoms with Crippen molar-refractivity contribution in [3.8, 4) is 17.0 Å². The van der Waals surface area contributed by atoms with Crippen molar-refractivity contribution in [1.82, 2.24) is 9.97 Å². The van der Waals surface area contributed by atoms with Crippen LogP contribution in [0.15, 0.2) is 35.8 Å². The lowest BCUT2D eigenvalue weighted by atomic mass is 10.1. The molecule has 38 heavy (non-hydrogen) atoms. The number of carbonyl (C=O) groups is 1. The molecule has 0 bridgehead atoms. The highest BCUT2D eigenvalue weighted by Gasteiger charge is 2.34. The van der Waals surface area contributed by atoms with E-state index in [1.165, 1.54) is 49.3 Å². The number of ether oxygens (including phenoxy) is 2. The Morgan fingerprint density at radius 1 is 1.11 bits per heavy atom. The number of hydrogen-bond acceptors (Lipinski definition) is 7. The maximum atomic E-state index is 13.7. The number of halogens is 4. The molecule has 0 saturated heterocycles. The fourth-order valence-corrected chi connectivity index (χ4v) is 4.37. The van der Waals surface area contributed by atoms with Crippen molar-refractivity contribution in [1.29, 1.82) is 0 Å². The summed E-state index contributed by atoms with van der Waals surface area (Å²) in [6.45, 7) is 6.37. The molecule has 0 amide bonds. The third-order valence-electron chi connectivity index (χ3n) is 5.34. The van der Waals surface area contributed by atoms with E-state index >= 15 is 0 Å². The first kappa shape index (κ1) is 31.4. The quantitative estimate of drug-likeness (QED) is 0.133. The Labute approximate surface area is 230 Å². The number of alkyl halides is 3. The minimum absolute atomic E-state index is 0.00217. The molecular weight excluding hydrogens is 539 g/mol. The molecule has 0 fully saturated rings. The first-order chi connectivity index (χ1) is 18.2. The van der Waals surface area contributed by atoms with E-state index in [4.69, 9.17) is 21.1 Å². The van der Waals surface area contributed by atoms with Crippen molar-refractivity contribution in [2.45, 2.75) is 65.5 Å². The molecule has 0 aliphatic rings. The summed E-state index contributed by atoms with van der Waals surface area (Å²) in [5, 5.41) is 4.96. The van der Waals surface area contributed by atoms with E-state index in [-0.39, 0.29) is 28.8 Å². The molecule has 3 aromatic rings. The topological polar surface area (TPSA) is 73.3 Å². The molecule has 0 radical (unpaired) electrons. The summed E-state index contributed by atoms with van der Waals surface area (Å²) in [6, 6.07) is 5.35. The summed E-state index contributed by atoms with van der Waals surface area (Å²) in [4.78, 5) is 20.2. The zero-order valence-electron chi connectivity index (χ0n) is 22.0. The van der Waals surface area contributed by atoms with E-state index in [9.17, 15) is 18.0 Å². The number of carbonyl (C=O) groups excluding carboxylic acids is 1. The largest absolute Gasteiger partial charge is 0.493 e. The van der Waals surface area contributed by atoms with Crippen LogP contribution in [0.3, 0.4) is 0 Å². The predicted octanol–water partition coefficient (Wildman–Crippen LogP) is 9.17. The van der Waals surface area contributed by atoms with Gasteiger partial charge in [0.15, 0.2) is 5.13 Å². The predicted molar refractivity (Wildman–Crippen MR) is 147 cm³/mol. The maximum absolute atomic E-state index is 13.7.